The van der Waals surface area contributed by atoms with Gasteiger partial charge in [0.15, 0.2) is 6.29 Å². The van der Waals surface area contributed by atoms with E-state index in [1.807, 2.05) is 0 Å². The second-order valence-electron chi connectivity index (χ2n) is 11.0. The van der Waals surface area contributed by atoms with E-state index in [9.17, 15) is 0 Å². The van der Waals surface area contributed by atoms with E-state index in [0.29, 0.717) is 0 Å². The molecule has 0 heterocycles. The molecule has 0 spiro atoms. The molecular weight excluding hydrogens is 416 g/mol. The van der Waals surface area contributed by atoms with Crippen LogP contribution in [0.5, 0.6) is 0 Å². The Kier molecular flexibility index (Phi) is 29.1. The van der Waals surface area contributed by atoms with Gasteiger partial charge in [-0.2, -0.15) is 0 Å². The number of unbranched alkanes of at least 4 members (excludes halogenated alkanes) is 17. The molecule has 0 bridgehead atoms. The molecule has 0 amide bonds. The Morgan fingerprint density at radius 1 is 0.382 bits per heavy atom. The van der Waals surface area contributed by atoms with Gasteiger partial charge in [-0.25, -0.2) is 0 Å². The van der Waals surface area contributed by atoms with Crippen molar-refractivity contribution in [1.82, 2.24) is 0 Å². The molecule has 0 rings (SSSR count). The summed E-state index contributed by atoms with van der Waals surface area (Å²) in [5.74, 6) is 0.921. The van der Waals surface area contributed by atoms with Crippen molar-refractivity contribution in [1.29, 1.82) is 0 Å². The Labute approximate surface area is 216 Å². The maximum absolute atomic E-state index is 6.20. The van der Waals surface area contributed by atoms with E-state index in [1.54, 1.807) is 0 Å². The van der Waals surface area contributed by atoms with E-state index in [2.05, 4.69) is 27.7 Å². The first kappa shape index (κ1) is 33.9. The number of ether oxygens (including phenoxy) is 2. The highest BCUT2D eigenvalue weighted by molar-refractivity contribution is 4.56. The average molecular weight is 483 g/mol. The second-order valence-corrected chi connectivity index (χ2v) is 11.0. The smallest absolute Gasteiger partial charge is 0.157 e. The fourth-order valence-electron chi connectivity index (χ4n) is 4.79. The highest BCUT2D eigenvalue weighted by Gasteiger charge is 2.09. The molecule has 1 unspecified atom stereocenters. The maximum atomic E-state index is 6.20. The van der Waals surface area contributed by atoms with Crippen LogP contribution in [0.1, 0.15) is 182 Å². The van der Waals surface area contributed by atoms with Gasteiger partial charge in [0, 0.05) is 13.2 Å². The third-order valence-corrected chi connectivity index (χ3v) is 7.29. The van der Waals surface area contributed by atoms with Crippen molar-refractivity contribution in [3.05, 3.63) is 0 Å². The Hall–Kier alpha value is -0.0800. The highest BCUT2D eigenvalue weighted by Crippen LogP contribution is 2.18. The third-order valence-electron chi connectivity index (χ3n) is 7.29. The fraction of sp³-hybridized carbons (Fsp3) is 1.00. The summed E-state index contributed by atoms with van der Waals surface area (Å²) in [6, 6.07) is 0. The number of hydrogen-bond acceptors (Lipinski definition) is 2. The first-order valence-electron chi connectivity index (χ1n) is 16.0. The molecule has 0 aliphatic rings. The van der Waals surface area contributed by atoms with Gasteiger partial charge in [0.1, 0.15) is 0 Å². The highest BCUT2D eigenvalue weighted by atomic mass is 16.7. The van der Waals surface area contributed by atoms with Crippen LogP contribution in [0.15, 0.2) is 0 Å². The standard InChI is InChI=1S/C32H66O2/c1-5-8-11-13-15-20-24-29-33-32(34-30-25-21-16-14-12-9-6-2)28-23-19-17-18-22-27-31(4)26-10-7-3/h31-32H,5-30H2,1-4H3. The van der Waals surface area contributed by atoms with Crippen LogP contribution < -0.4 is 0 Å². The zero-order valence-corrected chi connectivity index (χ0v) is 24.4. The van der Waals surface area contributed by atoms with Crippen LogP contribution in [0, 0.1) is 5.92 Å². The molecule has 0 radical (unpaired) electrons. The van der Waals surface area contributed by atoms with Gasteiger partial charge in [0.05, 0.1) is 0 Å². The van der Waals surface area contributed by atoms with Crippen molar-refractivity contribution in [2.75, 3.05) is 13.2 Å². The van der Waals surface area contributed by atoms with Gasteiger partial charge in [-0.1, -0.05) is 156 Å². The molecule has 0 saturated carbocycles. The lowest BCUT2D eigenvalue weighted by Gasteiger charge is -2.19. The quantitative estimate of drug-likeness (QED) is 0.0779. The molecule has 0 fully saturated rings. The number of hydrogen-bond donors (Lipinski definition) is 0. The van der Waals surface area contributed by atoms with Crippen LogP contribution in [-0.2, 0) is 9.47 Å². The van der Waals surface area contributed by atoms with Gasteiger partial charge in [-0.05, 0) is 31.6 Å². The van der Waals surface area contributed by atoms with Crippen LogP contribution in [0.2, 0.25) is 0 Å². The Morgan fingerprint density at radius 3 is 1.21 bits per heavy atom. The Morgan fingerprint density at radius 2 is 0.735 bits per heavy atom. The molecule has 2 nitrogen and oxygen atoms in total. The predicted molar refractivity (Wildman–Crippen MR) is 153 cm³/mol. The molecule has 34 heavy (non-hydrogen) atoms. The molecule has 2 heteroatoms. The van der Waals surface area contributed by atoms with E-state index in [4.69, 9.17) is 9.47 Å². The topological polar surface area (TPSA) is 18.5 Å². The average Bonchev–Trinajstić information content (AvgIpc) is 2.84. The second kappa shape index (κ2) is 29.2. The molecular formula is C32H66O2. The van der Waals surface area contributed by atoms with Crippen LogP contribution in [-0.4, -0.2) is 19.5 Å². The normalized spacial score (nSPS) is 12.6. The first-order chi connectivity index (χ1) is 16.7. The van der Waals surface area contributed by atoms with Crippen molar-refractivity contribution in [3.63, 3.8) is 0 Å². The van der Waals surface area contributed by atoms with Crippen LogP contribution >= 0.6 is 0 Å². The van der Waals surface area contributed by atoms with E-state index < -0.39 is 0 Å². The molecule has 0 aliphatic carbocycles. The molecule has 0 N–H and O–H groups in total. The molecule has 0 aromatic heterocycles. The zero-order chi connectivity index (χ0) is 25.0. The summed E-state index contributed by atoms with van der Waals surface area (Å²) >= 11 is 0. The molecule has 206 valence electrons. The SMILES string of the molecule is CCCCCCCCCOC(CCCCCCCC(C)CCCC)OCCCCCCCCC. The van der Waals surface area contributed by atoms with Crippen molar-refractivity contribution in [3.8, 4) is 0 Å². The minimum atomic E-state index is 0.0363. The van der Waals surface area contributed by atoms with Crippen molar-refractivity contribution in [2.45, 2.75) is 188 Å². The van der Waals surface area contributed by atoms with E-state index >= 15 is 0 Å². The number of rotatable bonds is 29. The van der Waals surface area contributed by atoms with Gasteiger partial charge in [-0.3, -0.25) is 0 Å². The van der Waals surface area contributed by atoms with Crippen LogP contribution in [0.4, 0.5) is 0 Å². The Bertz CT molecular complexity index is 337. The predicted octanol–water partition coefficient (Wildman–Crippen LogP) is 11.4. The lowest BCUT2D eigenvalue weighted by atomic mass is 9.97. The summed E-state index contributed by atoms with van der Waals surface area (Å²) in [5.41, 5.74) is 0. The van der Waals surface area contributed by atoms with Gasteiger partial charge >= 0.3 is 0 Å². The van der Waals surface area contributed by atoms with Crippen molar-refractivity contribution in [2.24, 2.45) is 5.92 Å². The van der Waals surface area contributed by atoms with E-state index in [1.165, 1.54) is 148 Å². The summed E-state index contributed by atoms with van der Waals surface area (Å²) in [7, 11) is 0. The summed E-state index contributed by atoms with van der Waals surface area (Å²) in [5, 5.41) is 0. The van der Waals surface area contributed by atoms with E-state index in [-0.39, 0.29) is 6.29 Å². The van der Waals surface area contributed by atoms with Gasteiger partial charge in [0.25, 0.3) is 0 Å². The minimum Gasteiger partial charge on any atom is -0.353 e. The van der Waals surface area contributed by atoms with Gasteiger partial charge < -0.3 is 9.47 Å². The summed E-state index contributed by atoms with van der Waals surface area (Å²) in [6.07, 6.45) is 32.3. The largest absolute Gasteiger partial charge is 0.353 e. The molecule has 0 saturated heterocycles. The van der Waals surface area contributed by atoms with Gasteiger partial charge in [-0.15, -0.1) is 0 Å². The van der Waals surface area contributed by atoms with Crippen LogP contribution in [0.25, 0.3) is 0 Å². The summed E-state index contributed by atoms with van der Waals surface area (Å²) in [6.45, 7) is 11.1. The van der Waals surface area contributed by atoms with Gasteiger partial charge in [0.2, 0.25) is 0 Å². The molecule has 0 aliphatic heterocycles. The fourth-order valence-corrected chi connectivity index (χ4v) is 4.79. The lowest BCUT2D eigenvalue weighted by molar-refractivity contribution is -0.148. The summed E-state index contributed by atoms with van der Waals surface area (Å²) in [4.78, 5) is 0. The maximum Gasteiger partial charge on any atom is 0.157 e. The molecule has 1 atom stereocenters. The Balaban J connectivity index is 3.90. The third kappa shape index (κ3) is 26.5. The van der Waals surface area contributed by atoms with Crippen molar-refractivity contribution < 1.29 is 9.47 Å². The molecule has 0 aromatic rings. The zero-order valence-electron chi connectivity index (χ0n) is 24.4. The van der Waals surface area contributed by atoms with E-state index in [0.717, 1.165) is 25.6 Å². The minimum absolute atomic E-state index is 0.0363. The first-order valence-corrected chi connectivity index (χ1v) is 16.0. The summed E-state index contributed by atoms with van der Waals surface area (Å²) < 4.78 is 12.4. The van der Waals surface area contributed by atoms with Crippen LogP contribution in [0.3, 0.4) is 0 Å². The molecule has 0 aromatic carbocycles. The van der Waals surface area contributed by atoms with Crippen molar-refractivity contribution >= 4 is 0 Å². The monoisotopic (exact) mass is 483 g/mol. The lowest BCUT2D eigenvalue weighted by Crippen LogP contribution is -2.19.